The molecule has 0 aliphatic heterocycles. The Bertz CT molecular complexity index is 833. The third kappa shape index (κ3) is 3.72. The van der Waals surface area contributed by atoms with Gasteiger partial charge in [-0.15, -0.1) is 0 Å². The molecule has 0 saturated heterocycles. The number of phenols is 1. The minimum absolute atomic E-state index is 0.178. The molecule has 2 amide bonds. The number of hydrogen-bond acceptors (Lipinski definition) is 4. The average Bonchev–Trinajstić information content (AvgIpc) is 3.06. The first-order valence-corrected chi connectivity index (χ1v) is 8.25. The molecule has 3 rings (SSSR count). The fourth-order valence-electron chi connectivity index (χ4n) is 2.23. The summed E-state index contributed by atoms with van der Waals surface area (Å²) in [5, 5.41) is 13.1. The highest BCUT2D eigenvalue weighted by Gasteiger charge is 2.13. The van der Waals surface area contributed by atoms with Gasteiger partial charge in [-0.05, 0) is 11.6 Å². The molecule has 6 heteroatoms. The molecule has 2 N–H and O–H groups in total. The normalized spacial score (nSPS) is 10.4. The quantitative estimate of drug-likeness (QED) is 0.749. The lowest BCUT2D eigenvalue weighted by Crippen LogP contribution is -2.30. The van der Waals surface area contributed by atoms with Crippen LogP contribution in [0.1, 0.15) is 5.56 Å². The van der Waals surface area contributed by atoms with E-state index in [1.54, 1.807) is 31.4 Å². The van der Waals surface area contributed by atoms with E-state index < -0.39 is 0 Å². The molecule has 122 valence electrons. The van der Waals surface area contributed by atoms with Crippen LogP contribution in [0.15, 0.2) is 60.8 Å². The van der Waals surface area contributed by atoms with Crippen molar-refractivity contribution < 1.29 is 9.90 Å². The molecule has 0 fully saturated rings. The van der Waals surface area contributed by atoms with Gasteiger partial charge in [0.15, 0.2) is 5.13 Å². The number of hydrogen-bond donors (Lipinski definition) is 2. The lowest BCUT2D eigenvalue weighted by molar-refractivity contribution is 0.220. The standard InChI is InChI=1S/C18H17N3O2S/c1-21(12-14-9-5-6-10-15(14)22)18(23)20-17-19-11-16(24-17)13-7-3-2-4-8-13/h2-11,22H,12H2,1H3,(H,19,20,23). The summed E-state index contributed by atoms with van der Waals surface area (Å²) in [5.41, 5.74) is 1.76. The molecule has 0 bridgehead atoms. The molecule has 1 aromatic heterocycles. The third-order valence-corrected chi connectivity index (χ3v) is 4.49. The Hall–Kier alpha value is -2.86. The van der Waals surface area contributed by atoms with Crippen LogP contribution in [-0.4, -0.2) is 28.1 Å². The van der Waals surface area contributed by atoms with Gasteiger partial charge in [-0.25, -0.2) is 9.78 Å². The number of phenolic OH excluding ortho intramolecular Hbond substituents is 1. The number of anilines is 1. The summed E-state index contributed by atoms with van der Waals surface area (Å²) in [6.45, 7) is 0.315. The van der Waals surface area contributed by atoms with Gasteiger partial charge in [-0.1, -0.05) is 59.9 Å². The molecule has 0 spiro atoms. The number of aromatic hydroxyl groups is 1. The first-order chi connectivity index (χ1) is 11.6. The number of benzene rings is 2. The van der Waals surface area contributed by atoms with Crippen LogP contribution in [0, 0.1) is 0 Å². The van der Waals surface area contributed by atoms with Crippen LogP contribution in [0.2, 0.25) is 0 Å². The minimum Gasteiger partial charge on any atom is -0.508 e. The van der Waals surface area contributed by atoms with Crippen molar-refractivity contribution in [3.8, 4) is 16.2 Å². The van der Waals surface area contributed by atoms with Crippen LogP contribution >= 0.6 is 11.3 Å². The molecule has 5 nitrogen and oxygen atoms in total. The average molecular weight is 339 g/mol. The van der Waals surface area contributed by atoms with Gasteiger partial charge in [0.2, 0.25) is 0 Å². The second kappa shape index (κ2) is 7.14. The van der Waals surface area contributed by atoms with Crippen LogP contribution in [0.3, 0.4) is 0 Å². The van der Waals surface area contributed by atoms with Crippen molar-refractivity contribution in [2.24, 2.45) is 0 Å². The Labute approximate surface area is 144 Å². The highest BCUT2D eigenvalue weighted by Crippen LogP contribution is 2.28. The van der Waals surface area contributed by atoms with Crippen LogP contribution in [0.5, 0.6) is 5.75 Å². The van der Waals surface area contributed by atoms with Gasteiger partial charge >= 0.3 is 6.03 Å². The lowest BCUT2D eigenvalue weighted by Gasteiger charge is -2.17. The van der Waals surface area contributed by atoms with Gasteiger partial charge in [0.05, 0.1) is 11.4 Å². The maximum Gasteiger partial charge on any atom is 0.323 e. The number of urea groups is 1. The van der Waals surface area contributed by atoms with E-state index in [0.29, 0.717) is 17.2 Å². The summed E-state index contributed by atoms with van der Waals surface area (Å²) in [4.78, 5) is 19.0. The van der Waals surface area contributed by atoms with E-state index in [-0.39, 0.29) is 11.8 Å². The highest BCUT2D eigenvalue weighted by molar-refractivity contribution is 7.19. The zero-order valence-corrected chi connectivity index (χ0v) is 14.0. The molecule has 0 aliphatic rings. The van der Waals surface area contributed by atoms with Gasteiger partial charge in [-0.3, -0.25) is 5.32 Å². The predicted octanol–water partition coefficient (Wildman–Crippen LogP) is 4.18. The van der Waals surface area contributed by atoms with Crippen LogP contribution in [0.25, 0.3) is 10.4 Å². The van der Waals surface area contributed by atoms with Gasteiger partial charge in [0.1, 0.15) is 5.75 Å². The van der Waals surface area contributed by atoms with Crippen LogP contribution in [-0.2, 0) is 6.54 Å². The first-order valence-electron chi connectivity index (χ1n) is 7.44. The second-order valence-corrected chi connectivity index (χ2v) is 6.34. The molecule has 3 aromatic rings. The zero-order chi connectivity index (χ0) is 16.9. The van der Waals surface area contributed by atoms with Crippen molar-refractivity contribution in [2.75, 3.05) is 12.4 Å². The van der Waals surface area contributed by atoms with Gasteiger partial charge in [-0.2, -0.15) is 0 Å². The highest BCUT2D eigenvalue weighted by atomic mass is 32.1. The van der Waals surface area contributed by atoms with Crippen molar-refractivity contribution in [2.45, 2.75) is 6.54 Å². The van der Waals surface area contributed by atoms with Crippen molar-refractivity contribution in [3.63, 3.8) is 0 Å². The monoisotopic (exact) mass is 339 g/mol. The molecular formula is C18H17N3O2S. The van der Waals surface area contributed by atoms with Crippen LogP contribution < -0.4 is 5.32 Å². The van der Waals surface area contributed by atoms with Gasteiger partial charge in [0, 0.05) is 18.8 Å². The maximum atomic E-state index is 12.3. The van der Waals surface area contributed by atoms with Crippen molar-refractivity contribution >= 4 is 22.5 Å². The number of amides is 2. The SMILES string of the molecule is CN(Cc1ccccc1O)C(=O)Nc1ncc(-c2ccccc2)s1. The number of aromatic nitrogens is 1. The molecule has 2 aromatic carbocycles. The molecule has 0 atom stereocenters. The number of nitrogens with one attached hydrogen (secondary N) is 1. The Morgan fingerprint density at radius 3 is 2.62 bits per heavy atom. The second-order valence-electron chi connectivity index (χ2n) is 5.31. The lowest BCUT2D eigenvalue weighted by atomic mass is 10.2. The van der Waals surface area contributed by atoms with E-state index in [9.17, 15) is 9.90 Å². The summed E-state index contributed by atoms with van der Waals surface area (Å²) in [5.74, 6) is 0.178. The Morgan fingerprint density at radius 1 is 1.17 bits per heavy atom. The molecule has 24 heavy (non-hydrogen) atoms. The smallest absolute Gasteiger partial charge is 0.323 e. The van der Waals surface area contributed by atoms with E-state index in [0.717, 1.165) is 10.4 Å². The number of carbonyl (C=O) groups is 1. The van der Waals surface area contributed by atoms with Crippen molar-refractivity contribution in [3.05, 3.63) is 66.4 Å². The molecular weight excluding hydrogens is 322 g/mol. The molecule has 0 saturated carbocycles. The Morgan fingerprint density at radius 2 is 1.88 bits per heavy atom. The number of carbonyl (C=O) groups excluding carboxylic acids is 1. The summed E-state index contributed by atoms with van der Waals surface area (Å²) < 4.78 is 0. The van der Waals surface area contributed by atoms with Crippen molar-refractivity contribution in [1.82, 2.24) is 9.88 Å². The third-order valence-electron chi connectivity index (χ3n) is 3.52. The number of thiazole rings is 1. The first kappa shape index (κ1) is 16.0. The summed E-state index contributed by atoms with van der Waals surface area (Å²) in [6, 6.07) is 16.6. The van der Waals surface area contributed by atoms with Gasteiger partial charge in [0.25, 0.3) is 0 Å². The Balaban J connectivity index is 1.65. The number of nitrogens with zero attached hydrogens (tertiary/aromatic N) is 2. The minimum atomic E-state index is -0.271. The molecule has 1 heterocycles. The fraction of sp³-hybridized carbons (Fsp3) is 0.111. The van der Waals surface area contributed by atoms with E-state index in [4.69, 9.17) is 0 Å². The topological polar surface area (TPSA) is 65.5 Å². The zero-order valence-electron chi connectivity index (χ0n) is 13.1. The fourth-order valence-corrected chi connectivity index (χ4v) is 3.04. The van der Waals surface area contributed by atoms with E-state index in [1.807, 2.05) is 36.4 Å². The number of rotatable bonds is 4. The molecule has 0 radical (unpaired) electrons. The molecule has 0 aliphatic carbocycles. The summed E-state index contributed by atoms with van der Waals surface area (Å²) >= 11 is 1.42. The van der Waals surface area contributed by atoms with E-state index in [2.05, 4.69) is 10.3 Å². The summed E-state index contributed by atoms with van der Waals surface area (Å²) in [7, 11) is 1.67. The van der Waals surface area contributed by atoms with Crippen molar-refractivity contribution in [1.29, 1.82) is 0 Å². The van der Waals surface area contributed by atoms with E-state index in [1.165, 1.54) is 16.2 Å². The maximum absolute atomic E-state index is 12.3. The Kier molecular flexibility index (Phi) is 4.77. The summed E-state index contributed by atoms with van der Waals surface area (Å²) in [6.07, 6.45) is 1.75. The largest absolute Gasteiger partial charge is 0.508 e. The predicted molar refractivity (Wildman–Crippen MR) is 96.1 cm³/mol. The molecule has 0 unspecified atom stereocenters. The van der Waals surface area contributed by atoms with E-state index >= 15 is 0 Å². The number of para-hydroxylation sites is 1. The van der Waals surface area contributed by atoms with Gasteiger partial charge < -0.3 is 10.0 Å². The van der Waals surface area contributed by atoms with Crippen LogP contribution in [0.4, 0.5) is 9.93 Å².